The molecule has 0 fully saturated rings. The van der Waals surface area contributed by atoms with Gasteiger partial charge in [-0.3, -0.25) is 0 Å². The number of fused-ring (bicyclic) bond motifs is 1. The van der Waals surface area contributed by atoms with Gasteiger partial charge in [-0.25, -0.2) is 0 Å². The Kier molecular flexibility index (Phi) is 4.92. The van der Waals surface area contributed by atoms with Gasteiger partial charge in [0.25, 0.3) is 8.32 Å². The van der Waals surface area contributed by atoms with E-state index in [4.69, 9.17) is 9.16 Å². The molecule has 0 saturated heterocycles. The molecule has 0 N–H and O–H groups in total. The first-order valence-corrected chi connectivity index (χ1v) is 11.1. The maximum Gasteiger partial charge on any atom is 0.258 e. The van der Waals surface area contributed by atoms with Gasteiger partial charge in [-0.1, -0.05) is 61.5 Å². The number of hydrogen-bond donors (Lipinski definition) is 0. The van der Waals surface area contributed by atoms with Crippen LogP contribution < -0.4 is 9.16 Å². The predicted octanol–water partition coefficient (Wildman–Crippen LogP) is 6.22. The minimum absolute atomic E-state index is 0.0156. The molecule has 130 valence electrons. The van der Waals surface area contributed by atoms with E-state index >= 15 is 0 Å². The fraction of sp³-hybridized carbons (Fsp3) is 0.700. The second-order valence-electron chi connectivity index (χ2n) is 8.68. The van der Waals surface area contributed by atoms with E-state index in [1.54, 1.807) is 0 Å². The zero-order valence-corrected chi connectivity index (χ0v) is 17.4. The summed E-state index contributed by atoms with van der Waals surface area (Å²) in [6.45, 7) is 21.4. The van der Waals surface area contributed by atoms with Gasteiger partial charge in [0.15, 0.2) is 0 Å². The average molecular weight is 335 g/mol. The molecule has 1 aliphatic heterocycles. The molecule has 1 heterocycles. The highest BCUT2D eigenvalue weighted by Gasteiger charge is 2.48. The fourth-order valence-electron chi connectivity index (χ4n) is 4.45. The molecule has 0 saturated carbocycles. The molecule has 1 aromatic rings. The standard InChI is InChI=1S/C20H34O2Si/c1-13(2)23(14(3)4,15(5)6)22-17-11-10-16(7)19-18(17)20(8,9)12-21-19/h10-11,13-15H,12H2,1-9H3. The first-order chi connectivity index (χ1) is 10.5. The summed E-state index contributed by atoms with van der Waals surface area (Å²) in [4.78, 5) is 0. The summed E-state index contributed by atoms with van der Waals surface area (Å²) in [5.41, 5.74) is 4.22. The molecule has 0 unspecified atom stereocenters. The molecule has 1 aromatic carbocycles. The molecular weight excluding hydrogens is 300 g/mol. The lowest BCUT2D eigenvalue weighted by atomic mass is 9.85. The highest BCUT2D eigenvalue weighted by molar-refractivity contribution is 6.78. The van der Waals surface area contributed by atoms with E-state index < -0.39 is 8.32 Å². The van der Waals surface area contributed by atoms with Crippen molar-refractivity contribution < 1.29 is 9.16 Å². The first-order valence-electron chi connectivity index (χ1n) is 9.00. The van der Waals surface area contributed by atoms with Gasteiger partial charge in [-0.2, -0.15) is 0 Å². The number of aryl methyl sites for hydroxylation is 1. The van der Waals surface area contributed by atoms with E-state index in [1.165, 1.54) is 11.1 Å². The van der Waals surface area contributed by atoms with Crippen molar-refractivity contribution in [2.24, 2.45) is 0 Å². The second-order valence-corrected chi connectivity index (χ2v) is 14.1. The summed E-state index contributed by atoms with van der Waals surface area (Å²) >= 11 is 0. The molecule has 0 radical (unpaired) electrons. The quantitative estimate of drug-likeness (QED) is 0.595. The van der Waals surface area contributed by atoms with Gasteiger partial charge in [-0.05, 0) is 35.2 Å². The van der Waals surface area contributed by atoms with Gasteiger partial charge < -0.3 is 9.16 Å². The van der Waals surface area contributed by atoms with Crippen molar-refractivity contribution in [3.63, 3.8) is 0 Å². The summed E-state index contributed by atoms with van der Waals surface area (Å²) in [7, 11) is -1.95. The molecule has 1 aliphatic rings. The van der Waals surface area contributed by atoms with E-state index in [0.29, 0.717) is 16.6 Å². The van der Waals surface area contributed by atoms with E-state index in [9.17, 15) is 0 Å². The van der Waals surface area contributed by atoms with E-state index in [-0.39, 0.29) is 5.41 Å². The molecule has 0 bridgehead atoms. The lowest BCUT2D eigenvalue weighted by molar-refractivity contribution is 0.289. The number of ether oxygens (including phenoxy) is 1. The number of benzene rings is 1. The summed E-state index contributed by atoms with van der Waals surface area (Å²) in [5.74, 6) is 2.11. The van der Waals surface area contributed by atoms with Crippen LogP contribution in [0.3, 0.4) is 0 Å². The SMILES string of the molecule is Cc1ccc(O[Si](C(C)C)(C(C)C)C(C)C)c2c1OCC2(C)C. The van der Waals surface area contributed by atoms with E-state index in [2.05, 4.69) is 74.4 Å². The van der Waals surface area contributed by atoms with Crippen LogP contribution in [0.25, 0.3) is 0 Å². The number of hydrogen-bond acceptors (Lipinski definition) is 2. The van der Waals surface area contributed by atoms with Crippen molar-refractivity contribution in [2.45, 2.75) is 84.4 Å². The van der Waals surface area contributed by atoms with Gasteiger partial charge in [-0.15, -0.1) is 0 Å². The largest absolute Gasteiger partial charge is 0.542 e. The monoisotopic (exact) mass is 334 g/mol. The Morgan fingerprint density at radius 1 is 1.00 bits per heavy atom. The van der Waals surface area contributed by atoms with Crippen molar-refractivity contribution in [3.8, 4) is 11.5 Å². The van der Waals surface area contributed by atoms with Crippen LogP contribution in [-0.2, 0) is 5.41 Å². The third-order valence-electron chi connectivity index (χ3n) is 5.56. The second kappa shape index (κ2) is 6.16. The molecule has 3 heteroatoms. The Balaban J connectivity index is 2.58. The molecule has 2 rings (SSSR count). The van der Waals surface area contributed by atoms with Gasteiger partial charge >= 0.3 is 0 Å². The summed E-state index contributed by atoms with van der Waals surface area (Å²) in [5, 5.41) is 0. The third kappa shape index (κ3) is 2.93. The Bertz CT molecular complexity index is 551. The minimum Gasteiger partial charge on any atom is -0.542 e. The highest BCUT2D eigenvalue weighted by atomic mass is 28.4. The Hall–Kier alpha value is -0.963. The molecule has 0 aliphatic carbocycles. The van der Waals surface area contributed by atoms with Crippen LogP contribution in [0.2, 0.25) is 16.6 Å². The summed E-state index contributed by atoms with van der Waals surface area (Å²) < 4.78 is 13.0. The molecule has 2 nitrogen and oxygen atoms in total. The van der Waals surface area contributed by atoms with Crippen molar-refractivity contribution in [3.05, 3.63) is 23.3 Å². The molecule has 23 heavy (non-hydrogen) atoms. The topological polar surface area (TPSA) is 18.5 Å². The third-order valence-corrected chi connectivity index (χ3v) is 11.6. The molecular formula is C20H34O2Si. The fourth-order valence-corrected chi connectivity index (χ4v) is 9.71. The van der Waals surface area contributed by atoms with Crippen LogP contribution in [0.4, 0.5) is 0 Å². The van der Waals surface area contributed by atoms with Crippen LogP contribution in [0.5, 0.6) is 11.5 Å². The molecule has 0 atom stereocenters. The Morgan fingerprint density at radius 3 is 2.00 bits per heavy atom. The lowest BCUT2D eigenvalue weighted by Crippen LogP contribution is -2.51. The van der Waals surface area contributed by atoms with Crippen molar-refractivity contribution in [1.82, 2.24) is 0 Å². The number of rotatable bonds is 5. The van der Waals surface area contributed by atoms with Crippen molar-refractivity contribution in [1.29, 1.82) is 0 Å². The van der Waals surface area contributed by atoms with E-state index in [0.717, 1.165) is 18.1 Å². The van der Waals surface area contributed by atoms with Gasteiger partial charge in [0.2, 0.25) is 0 Å². The van der Waals surface area contributed by atoms with Gasteiger partial charge in [0.05, 0.1) is 6.61 Å². The predicted molar refractivity (Wildman–Crippen MR) is 101 cm³/mol. The maximum atomic E-state index is 6.98. The maximum absolute atomic E-state index is 6.98. The van der Waals surface area contributed by atoms with E-state index in [1.807, 2.05) is 0 Å². The highest BCUT2D eigenvalue weighted by Crippen LogP contribution is 2.50. The summed E-state index contributed by atoms with van der Waals surface area (Å²) in [6, 6.07) is 4.33. The zero-order valence-electron chi connectivity index (χ0n) is 16.4. The average Bonchev–Trinajstić information content (AvgIpc) is 2.74. The lowest BCUT2D eigenvalue weighted by Gasteiger charge is -2.43. The normalized spacial score (nSPS) is 16.9. The molecule has 0 aromatic heterocycles. The Labute approximate surface area is 143 Å². The van der Waals surface area contributed by atoms with Crippen LogP contribution >= 0.6 is 0 Å². The van der Waals surface area contributed by atoms with Gasteiger partial charge in [0.1, 0.15) is 11.5 Å². The van der Waals surface area contributed by atoms with Crippen LogP contribution in [0.15, 0.2) is 12.1 Å². The van der Waals surface area contributed by atoms with Crippen LogP contribution in [0.1, 0.15) is 66.5 Å². The van der Waals surface area contributed by atoms with Crippen molar-refractivity contribution in [2.75, 3.05) is 6.61 Å². The minimum atomic E-state index is -1.95. The van der Waals surface area contributed by atoms with Crippen molar-refractivity contribution >= 4 is 8.32 Å². The van der Waals surface area contributed by atoms with Crippen LogP contribution in [0, 0.1) is 6.92 Å². The smallest absolute Gasteiger partial charge is 0.258 e. The first kappa shape index (κ1) is 18.4. The summed E-state index contributed by atoms with van der Waals surface area (Å²) in [6.07, 6.45) is 0. The Morgan fingerprint density at radius 2 is 1.52 bits per heavy atom. The zero-order chi connectivity index (χ0) is 17.6. The van der Waals surface area contributed by atoms with Crippen LogP contribution in [-0.4, -0.2) is 14.9 Å². The molecule has 0 amide bonds. The van der Waals surface area contributed by atoms with Gasteiger partial charge in [0, 0.05) is 11.0 Å². The molecule has 0 spiro atoms.